The fraction of sp³-hybridized carbons (Fsp3) is 0.238. The van der Waals surface area contributed by atoms with Gasteiger partial charge in [-0.15, -0.1) is 0 Å². The Hall–Kier alpha value is -3.46. The number of Topliss-reactive ketones (excluding diaryl/α,β-unsaturated/α-hetero) is 1. The molecule has 2 aromatic carbocycles. The molecule has 0 bridgehead atoms. The molecule has 0 aliphatic carbocycles. The van der Waals surface area contributed by atoms with Crippen molar-refractivity contribution in [1.29, 1.82) is 5.26 Å². The number of hydrogen-bond acceptors (Lipinski definition) is 4. The van der Waals surface area contributed by atoms with Crippen LogP contribution in [0.15, 0.2) is 42.5 Å². The van der Waals surface area contributed by atoms with Gasteiger partial charge in [-0.25, -0.2) is 4.79 Å². The van der Waals surface area contributed by atoms with Crippen LogP contribution in [0.2, 0.25) is 0 Å². The molecule has 1 saturated heterocycles. The third-order valence-corrected chi connectivity index (χ3v) is 4.85. The minimum absolute atomic E-state index is 0.292. The van der Waals surface area contributed by atoms with Gasteiger partial charge < -0.3 is 5.32 Å². The molecular weight excluding hydrogens is 342 g/mol. The number of carbonyl (C=O) groups excluding carboxylic acids is 3. The van der Waals surface area contributed by atoms with E-state index in [1.54, 1.807) is 37.3 Å². The summed E-state index contributed by atoms with van der Waals surface area (Å²) in [4.78, 5) is 38.9. The molecule has 136 valence electrons. The van der Waals surface area contributed by atoms with Crippen molar-refractivity contribution in [2.75, 3.05) is 6.54 Å². The Balaban J connectivity index is 1.85. The van der Waals surface area contributed by atoms with Crippen LogP contribution in [-0.4, -0.2) is 29.2 Å². The maximum Gasteiger partial charge on any atom is 0.325 e. The lowest BCUT2D eigenvalue weighted by Crippen LogP contribution is -2.41. The summed E-state index contributed by atoms with van der Waals surface area (Å²) in [6.45, 7) is 5.03. The lowest BCUT2D eigenvalue weighted by atomic mass is 9.91. The van der Waals surface area contributed by atoms with Gasteiger partial charge in [0.2, 0.25) is 0 Å². The normalized spacial score (nSPS) is 19.0. The lowest BCUT2D eigenvalue weighted by molar-refractivity contribution is -0.130. The smallest absolute Gasteiger partial charge is 0.319 e. The number of nitriles is 1. The number of hydrogen-bond donors (Lipinski definition) is 1. The number of benzene rings is 2. The van der Waals surface area contributed by atoms with E-state index in [9.17, 15) is 14.4 Å². The molecule has 6 nitrogen and oxygen atoms in total. The van der Waals surface area contributed by atoms with Gasteiger partial charge in [0.05, 0.1) is 18.2 Å². The van der Waals surface area contributed by atoms with Gasteiger partial charge in [0, 0.05) is 5.56 Å². The first-order valence-electron chi connectivity index (χ1n) is 8.51. The molecular formula is C21H19N3O3. The zero-order chi connectivity index (χ0) is 19.8. The second-order valence-electron chi connectivity index (χ2n) is 6.88. The summed E-state index contributed by atoms with van der Waals surface area (Å²) in [6.07, 6.45) is 0. The monoisotopic (exact) mass is 361 g/mol. The molecule has 1 aliphatic heterocycles. The summed E-state index contributed by atoms with van der Waals surface area (Å²) in [6, 6.07) is 13.3. The summed E-state index contributed by atoms with van der Waals surface area (Å²) in [7, 11) is 0. The molecule has 1 aliphatic rings. The summed E-state index contributed by atoms with van der Waals surface area (Å²) in [5.74, 6) is -0.782. The van der Waals surface area contributed by atoms with Crippen molar-refractivity contribution < 1.29 is 14.4 Å². The van der Waals surface area contributed by atoms with Gasteiger partial charge in [0.15, 0.2) is 5.78 Å². The summed E-state index contributed by atoms with van der Waals surface area (Å²) < 4.78 is 0. The molecule has 27 heavy (non-hydrogen) atoms. The standard InChI is InChI=1S/C21H19N3O3/c1-13-4-9-17(14(2)10-13)18(25)12-24-19(26)21(3,23-20(24)27)16-7-5-15(11-22)6-8-16/h4-10H,12H2,1-3H3,(H,23,27). The average molecular weight is 361 g/mol. The number of aryl methyl sites for hydroxylation is 2. The molecule has 0 saturated carbocycles. The van der Waals surface area contributed by atoms with Gasteiger partial charge in [0.25, 0.3) is 5.91 Å². The Morgan fingerprint density at radius 3 is 2.41 bits per heavy atom. The number of nitrogens with one attached hydrogen (secondary N) is 1. The van der Waals surface area contributed by atoms with E-state index in [1.165, 1.54) is 0 Å². The molecule has 1 atom stereocenters. The van der Waals surface area contributed by atoms with Gasteiger partial charge >= 0.3 is 6.03 Å². The third-order valence-electron chi connectivity index (χ3n) is 4.85. The summed E-state index contributed by atoms with van der Waals surface area (Å²) in [5, 5.41) is 11.6. The van der Waals surface area contributed by atoms with E-state index in [4.69, 9.17) is 5.26 Å². The first-order valence-corrected chi connectivity index (χ1v) is 8.51. The van der Waals surface area contributed by atoms with Gasteiger partial charge in [0.1, 0.15) is 5.54 Å². The third kappa shape index (κ3) is 3.20. The molecule has 3 rings (SSSR count). The SMILES string of the molecule is Cc1ccc(C(=O)CN2C(=O)NC(C)(c3ccc(C#N)cc3)C2=O)c(C)c1. The van der Waals surface area contributed by atoms with Crippen molar-refractivity contribution in [2.24, 2.45) is 0 Å². The highest BCUT2D eigenvalue weighted by Gasteiger charge is 2.49. The second-order valence-corrected chi connectivity index (χ2v) is 6.88. The molecule has 3 amide bonds. The number of nitrogens with zero attached hydrogens (tertiary/aromatic N) is 2. The molecule has 1 fully saturated rings. The topological polar surface area (TPSA) is 90.3 Å². The molecule has 1 N–H and O–H groups in total. The maximum absolute atomic E-state index is 12.9. The maximum atomic E-state index is 12.9. The number of carbonyl (C=O) groups is 3. The van der Waals surface area contributed by atoms with Crippen LogP contribution in [0, 0.1) is 25.2 Å². The molecule has 1 unspecified atom stereocenters. The van der Waals surface area contributed by atoms with Crippen LogP contribution in [-0.2, 0) is 10.3 Å². The van der Waals surface area contributed by atoms with Gasteiger partial charge in [-0.1, -0.05) is 35.9 Å². The van der Waals surface area contributed by atoms with Crippen LogP contribution in [0.4, 0.5) is 4.79 Å². The van der Waals surface area contributed by atoms with E-state index in [-0.39, 0.29) is 12.3 Å². The fourth-order valence-corrected chi connectivity index (χ4v) is 3.27. The molecule has 0 radical (unpaired) electrons. The Morgan fingerprint density at radius 2 is 1.81 bits per heavy atom. The fourth-order valence-electron chi connectivity index (χ4n) is 3.27. The molecule has 1 heterocycles. The average Bonchev–Trinajstić information content (AvgIpc) is 2.85. The van der Waals surface area contributed by atoms with Gasteiger partial charge in [-0.05, 0) is 44.0 Å². The van der Waals surface area contributed by atoms with E-state index in [0.717, 1.165) is 16.0 Å². The Morgan fingerprint density at radius 1 is 1.15 bits per heavy atom. The van der Waals surface area contributed by atoms with E-state index in [1.807, 2.05) is 32.0 Å². The van der Waals surface area contributed by atoms with Crippen molar-refractivity contribution in [3.63, 3.8) is 0 Å². The first kappa shape index (κ1) is 18.3. The van der Waals surface area contributed by atoms with Crippen LogP contribution >= 0.6 is 0 Å². The Labute approximate surface area is 157 Å². The van der Waals surface area contributed by atoms with Crippen molar-refractivity contribution in [3.05, 3.63) is 70.3 Å². The van der Waals surface area contributed by atoms with Gasteiger partial charge in [-0.3, -0.25) is 14.5 Å². The highest BCUT2D eigenvalue weighted by Crippen LogP contribution is 2.29. The number of amides is 3. The van der Waals surface area contributed by atoms with Crippen LogP contribution in [0.5, 0.6) is 0 Å². The predicted molar refractivity (Wildman–Crippen MR) is 99.0 cm³/mol. The van der Waals surface area contributed by atoms with Crippen molar-refractivity contribution in [2.45, 2.75) is 26.3 Å². The number of imide groups is 1. The van der Waals surface area contributed by atoms with E-state index in [0.29, 0.717) is 16.7 Å². The zero-order valence-corrected chi connectivity index (χ0v) is 15.4. The van der Waals surface area contributed by atoms with Crippen molar-refractivity contribution in [1.82, 2.24) is 10.2 Å². The molecule has 6 heteroatoms. The van der Waals surface area contributed by atoms with E-state index >= 15 is 0 Å². The second kappa shape index (κ2) is 6.69. The number of rotatable bonds is 4. The van der Waals surface area contributed by atoms with Crippen LogP contribution in [0.1, 0.15) is 39.5 Å². The highest BCUT2D eigenvalue weighted by atomic mass is 16.2. The molecule has 0 spiro atoms. The summed E-state index contributed by atoms with van der Waals surface area (Å²) in [5.41, 5.74) is 2.08. The summed E-state index contributed by atoms with van der Waals surface area (Å²) >= 11 is 0. The molecule has 2 aromatic rings. The minimum Gasteiger partial charge on any atom is -0.319 e. The van der Waals surface area contributed by atoms with Crippen LogP contribution in [0.25, 0.3) is 0 Å². The largest absolute Gasteiger partial charge is 0.325 e. The van der Waals surface area contributed by atoms with E-state index < -0.39 is 17.5 Å². The van der Waals surface area contributed by atoms with Gasteiger partial charge in [-0.2, -0.15) is 5.26 Å². The Bertz CT molecular complexity index is 989. The Kier molecular flexibility index (Phi) is 4.54. The number of urea groups is 1. The molecule has 0 aromatic heterocycles. The first-order chi connectivity index (χ1) is 12.8. The lowest BCUT2D eigenvalue weighted by Gasteiger charge is -2.22. The quantitative estimate of drug-likeness (QED) is 0.670. The zero-order valence-electron chi connectivity index (χ0n) is 15.4. The van der Waals surface area contributed by atoms with Crippen molar-refractivity contribution in [3.8, 4) is 6.07 Å². The van der Waals surface area contributed by atoms with Crippen LogP contribution in [0.3, 0.4) is 0 Å². The predicted octanol–water partition coefficient (Wildman–Crippen LogP) is 2.83. The van der Waals surface area contributed by atoms with Crippen molar-refractivity contribution >= 4 is 17.7 Å². The number of ketones is 1. The van der Waals surface area contributed by atoms with E-state index in [2.05, 4.69) is 5.32 Å². The highest BCUT2D eigenvalue weighted by molar-refractivity contribution is 6.11. The minimum atomic E-state index is -1.27. The van der Waals surface area contributed by atoms with Crippen LogP contribution < -0.4 is 5.32 Å².